The van der Waals surface area contributed by atoms with Gasteiger partial charge in [0.1, 0.15) is 6.10 Å². The van der Waals surface area contributed by atoms with E-state index in [-0.39, 0.29) is 5.11 Å². The summed E-state index contributed by atoms with van der Waals surface area (Å²) < 4.78 is 0. The SMILES string of the molecule is NC(N)=S.OC(c1ccccc1)c1ccccc1. The number of aliphatic hydroxyl groups excluding tert-OH is 1. The third-order valence-electron chi connectivity index (χ3n) is 2.23. The maximum absolute atomic E-state index is 9.99. The molecule has 0 fully saturated rings. The third-order valence-corrected chi connectivity index (χ3v) is 2.23. The molecule has 2 aromatic carbocycles. The molecular formula is C14H16N2OS. The van der Waals surface area contributed by atoms with Crippen LogP contribution in [0.25, 0.3) is 0 Å². The number of rotatable bonds is 2. The second-order valence-corrected chi connectivity index (χ2v) is 4.10. The molecule has 2 aromatic rings. The van der Waals surface area contributed by atoms with Crippen LogP contribution in [0.5, 0.6) is 0 Å². The van der Waals surface area contributed by atoms with Crippen molar-refractivity contribution in [3.05, 3.63) is 71.8 Å². The molecule has 0 aliphatic carbocycles. The van der Waals surface area contributed by atoms with E-state index < -0.39 is 6.10 Å². The number of benzene rings is 2. The van der Waals surface area contributed by atoms with Gasteiger partial charge in [-0.05, 0) is 23.3 Å². The van der Waals surface area contributed by atoms with E-state index in [1.165, 1.54) is 0 Å². The van der Waals surface area contributed by atoms with Gasteiger partial charge in [-0.3, -0.25) is 0 Å². The highest BCUT2D eigenvalue weighted by atomic mass is 32.1. The van der Waals surface area contributed by atoms with E-state index in [4.69, 9.17) is 0 Å². The van der Waals surface area contributed by atoms with Gasteiger partial charge in [0.25, 0.3) is 0 Å². The molecule has 0 aliphatic heterocycles. The number of nitrogens with two attached hydrogens (primary N) is 2. The van der Waals surface area contributed by atoms with Gasteiger partial charge in [-0.2, -0.15) is 0 Å². The van der Waals surface area contributed by atoms with Gasteiger partial charge in [0.15, 0.2) is 5.11 Å². The summed E-state index contributed by atoms with van der Waals surface area (Å²) in [6, 6.07) is 19.3. The molecule has 0 atom stereocenters. The van der Waals surface area contributed by atoms with Crippen LogP contribution in [0.1, 0.15) is 17.2 Å². The van der Waals surface area contributed by atoms with Gasteiger partial charge in [0, 0.05) is 0 Å². The predicted molar refractivity (Wildman–Crippen MR) is 77.9 cm³/mol. The molecule has 3 nitrogen and oxygen atoms in total. The molecule has 0 saturated carbocycles. The number of hydrogen-bond acceptors (Lipinski definition) is 2. The Morgan fingerprint density at radius 2 is 1.11 bits per heavy atom. The Morgan fingerprint density at radius 1 is 0.833 bits per heavy atom. The smallest absolute Gasteiger partial charge is 0.160 e. The molecular weight excluding hydrogens is 244 g/mol. The Balaban J connectivity index is 0.000000357. The molecule has 18 heavy (non-hydrogen) atoms. The Morgan fingerprint density at radius 3 is 1.39 bits per heavy atom. The topological polar surface area (TPSA) is 72.3 Å². The lowest BCUT2D eigenvalue weighted by atomic mass is 10.0. The first-order valence-electron chi connectivity index (χ1n) is 5.44. The lowest BCUT2D eigenvalue weighted by Crippen LogP contribution is -2.18. The Hall–Kier alpha value is -1.91. The number of thiocarbonyl (C=S) groups is 1. The summed E-state index contributed by atoms with van der Waals surface area (Å²) in [5.74, 6) is 0. The minimum absolute atomic E-state index is 0.000000000000000222. The van der Waals surface area contributed by atoms with Crippen LogP contribution in [0, 0.1) is 0 Å². The zero-order valence-electron chi connectivity index (χ0n) is 9.86. The van der Waals surface area contributed by atoms with Crippen molar-refractivity contribution in [2.24, 2.45) is 11.5 Å². The molecule has 0 aliphatic rings. The van der Waals surface area contributed by atoms with Crippen LogP contribution in [0.4, 0.5) is 0 Å². The molecule has 0 saturated heterocycles. The summed E-state index contributed by atoms with van der Waals surface area (Å²) >= 11 is 4.09. The molecule has 0 heterocycles. The van der Waals surface area contributed by atoms with Gasteiger partial charge >= 0.3 is 0 Å². The van der Waals surface area contributed by atoms with Gasteiger partial charge in [-0.15, -0.1) is 0 Å². The molecule has 0 radical (unpaired) electrons. The second-order valence-electron chi connectivity index (χ2n) is 3.63. The zero-order valence-corrected chi connectivity index (χ0v) is 10.7. The largest absolute Gasteiger partial charge is 0.384 e. The van der Waals surface area contributed by atoms with Crippen LogP contribution < -0.4 is 11.5 Å². The van der Waals surface area contributed by atoms with E-state index in [0.717, 1.165) is 11.1 Å². The molecule has 0 bridgehead atoms. The molecule has 0 unspecified atom stereocenters. The highest BCUT2D eigenvalue weighted by molar-refractivity contribution is 7.80. The first-order chi connectivity index (χ1) is 8.61. The lowest BCUT2D eigenvalue weighted by molar-refractivity contribution is 0.220. The summed E-state index contributed by atoms with van der Waals surface area (Å²) in [7, 11) is 0. The van der Waals surface area contributed by atoms with E-state index in [1.807, 2.05) is 60.7 Å². The monoisotopic (exact) mass is 260 g/mol. The molecule has 2 rings (SSSR count). The highest BCUT2D eigenvalue weighted by Gasteiger charge is 2.07. The van der Waals surface area contributed by atoms with Gasteiger partial charge in [-0.1, -0.05) is 60.7 Å². The molecule has 0 spiro atoms. The van der Waals surface area contributed by atoms with Gasteiger partial charge in [-0.25, -0.2) is 0 Å². The fourth-order valence-electron chi connectivity index (χ4n) is 1.46. The van der Waals surface area contributed by atoms with Gasteiger partial charge in [0.2, 0.25) is 0 Å². The van der Waals surface area contributed by atoms with E-state index in [0.29, 0.717) is 0 Å². The van der Waals surface area contributed by atoms with Crippen LogP contribution in [0.3, 0.4) is 0 Å². The summed E-state index contributed by atoms with van der Waals surface area (Å²) in [6.45, 7) is 0. The van der Waals surface area contributed by atoms with E-state index in [1.54, 1.807) is 0 Å². The van der Waals surface area contributed by atoms with Crippen molar-refractivity contribution >= 4 is 17.3 Å². The molecule has 0 aromatic heterocycles. The average molecular weight is 260 g/mol. The number of aliphatic hydroxyl groups is 1. The minimum Gasteiger partial charge on any atom is -0.384 e. The van der Waals surface area contributed by atoms with Crippen molar-refractivity contribution < 1.29 is 5.11 Å². The normalized spacial score (nSPS) is 9.44. The third kappa shape index (κ3) is 4.95. The van der Waals surface area contributed by atoms with Crippen molar-refractivity contribution in [3.8, 4) is 0 Å². The minimum atomic E-state index is -0.516. The first-order valence-corrected chi connectivity index (χ1v) is 5.85. The molecule has 4 heteroatoms. The summed E-state index contributed by atoms with van der Waals surface area (Å²) in [5.41, 5.74) is 11.1. The van der Waals surface area contributed by atoms with Crippen molar-refractivity contribution in [2.45, 2.75) is 6.10 Å². The van der Waals surface area contributed by atoms with Crippen LogP contribution in [0.2, 0.25) is 0 Å². The van der Waals surface area contributed by atoms with E-state index >= 15 is 0 Å². The van der Waals surface area contributed by atoms with Crippen LogP contribution in [-0.4, -0.2) is 10.2 Å². The van der Waals surface area contributed by atoms with E-state index in [2.05, 4.69) is 23.7 Å². The Bertz CT molecular complexity index is 430. The van der Waals surface area contributed by atoms with Crippen molar-refractivity contribution in [1.29, 1.82) is 0 Å². The summed E-state index contributed by atoms with van der Waals surface area (Å²) in [5, 5.41) is 9.99. The quantitative estimate of drug-likeness (QED) is 0.722. The predicted octanol–water partition coefficient (Wildman–Crippen LogP) is 1.96. The Labute approximate surface area is 112 Å². The van der Waals surface area contributed by atoms with Gasteiger partial charge < -0.3 is 16.6 Å². The highest BCUT2D eigenvalue weighted by Crippen LogP contribution is 2.20. The Kier molecular flexibility index (Phi) is 5.84. The van der Waals surface area contributed by atoms with Crippen molar-refractivity contribution in [3.63, 3.8) is 0 Å². The van der Waals surface area contributed by atoms with Crippen molar-refractivity contribution in [2.75, 3.05) is 0 Å². The second kappa shape index (κ2) is 7.42. The van der Waals surface area contributed by atoms with Crippen LogP contribution >= 0.6 is 12.2 Å². The molecule has 0 amide bonds. The van der Waals surface area contributed by atoms with Gasteiger partial charge in [0.05, 0.1) is 0 Å². The lowest BCUT2D eigenvalue weighted by Gasteiger charge is -2.10. The maximum atomic E-state index is 9.99. The standard InChI is InChI=1S/C13H12O.CH4N2S/c14-13(11-7-3-1-4-8-11)12-9-5-2-6-10-12;2-1(3)4/h1-10,13-14H;(H4,2,3,4). The maximum Gasteiger partial charge on any atom is 0.160 e. The first kappa shape index (κ1) is 14.2. The molecule has 94 valence electrons. The average Bonchev–Trinajstić information content (AvgIpc) is 2.39. The fraction of sp³-hybridized carbons (Fsp3) is 0.0714. The molecule has 5 N–H and O–H groups in total. The summed E-state index contributed by atoms with van der Waals surface area (Å²) in [6.07, 6.45) is -0.516. The summed E-state index contributed by atoms with van der Waals surface area (Å²) in [4.78, 5) is 0. The fourth-order valence-corrected chi connectivity index (χ4v) is 1.46. The zero-order chi connectivity index (χ0) is 13.4. The van der Waals surface area contributed by atoms with Crippen LogP contribution in [-0.2, 0) is 0 Å². The van der Waals surface area contributed by atoms with Crippen molar-refractivity contribution in [1.82, 2.24) is 0 Å². The van der Waals surface area contributed by atoms with Crippen LogP contribution in [0.15, 0.2) is 60.7 Å². The number of hydrogen-bond donors (Lipinski definition) is 3. The van der Waals surface area contributed by atoms with E-state index in [9.17, 15) is 5.11 Å².